The maximum absolute atomic E-state index is 11.4. The Labute approximate surface area is 113 Å². The topological polar surface area (TPSA) is 77.3 Å². The molecule has 1 aromatic carbocycles. The van der Waals surface area contributed by atoms with Crippen molar-refractivity contribution >= 4 is 56.3 Å². The summed E-state index contributed by atoms with van der Waals surface area (Å²) >= 11 is 4.74. The molecule has 84 valence electrons. The minimum Gasteiger partial charge on any atom is -0.298 e. The standard InChI is InChI=1S/C9H5BrINO4/c10-3-9(14)6-2-7(11)8(12(15)16)1-5(6)4-13/h1-2,4H,3H2. The molecule has 7 heteroatoms. The van der Waals surface area contributed by atoms with Crippen LogP contribution >= 0.6 is 38.5 Å². The number of Topliss-reactive ketones (excluding diaryl/α,β-unsaturated/α-hetero) is 1. The molecule has 1 rings (SSSR count). The fourth-order valence-electron chi connectivity index (χ4n) is 1.13. The molecule has 0 amide bonds. The Balaban J connectivity index is 3.43. The number of benzene rings is 1. The van der Waals surface area contributed by atoms with Crippen LogP contribution in [0.25, 0.3) is 0 Å². The number of halogens is 2. The van der Waals surface area contributed by atoms with E-state index < -0.39 is 4.92 Å². The average Bonchev–Trinajstić information content (AvgIpc) is 2.27. The van der Waals surface area contributed by atoms with Gasteiger partial charge in [-0.25, -0.2) is 0 Å². The number of nitro groups is 1. The number of carbonyl (C=O) groups excluding carboxylic acids is 2. The molecule has 0 saturated carbocycles. The van der Waals surface area contributed by atoms with E-state index in [4.69, 9.17) is 0 Å². The maximum Gasteiger partial charge on any atom is 0.283 e. The predicted molar refractivity (Wildman–Crippen MR) is 69.3 cm³/mol. The molecule has 0 bridgehead atoms. The zero-order valence-corrected chi connectivity index (χ0v) is 11.5. The maximum atomic E-state index is 11.4. The number of hydrogen-bond donors (Lipinski definition) is 0. The van der Waals surface area contributed by atoms with Gasteiger partial charge in [-0.3, -0.25) is 19.7 Å². The zero-order chi connectivity index (χ0) is 12.3. The van der Waals surface area contributed by atoms with E-state index in [0.29, 0.717) is 9.86 Å². The first-order chi connectivity index (χ1) is 7.51. The van der Waals surface area contributed by atoms with Crippen molar-refractivity contribution in [1.82, 2.24) is 0 Å². The minimum absolute atomic E-state index is 0.0385. The predicted octanol–water partition coefficient (Wildman–Crippen LogP) is 2.59. The van der Waals surface area contributed by atoms with Crippen molar-refractivity contribution in [2.45, 2.75) is 0 Å². The molecule has 0 heterocycles. The van der Waals surface area contributed by atoms with Crippen molar-refractivity contribution in [3.05, 3.63) is 36.9 Å². The number of alkyl halides is 1. The van der Waals surface area contributed by atoms with E-state index in [9.17, 15) is 19.7 Å². The number of carbonyl (C=O) groups is 2. The van der Waals surface area contributed by atoms with Crippen molar-refractivity contribution in [3.8, 4) is 0 Å². The SMILES string of the molecule is O=Cc1cc([N+](=O)[O-])c(I)cc1C(=O)CBr. The minimum atomic E-state index is -0.586. The van der Waals surface area contributed by atoms with Crippen LogP contribution in [0.2, 0.25) is 0 Å². The molecule has 0 spiro atoms. The molecular weight excluding hydrogens is 393 g/mol. The number of nitro benzene ring substituents is 1. The Kier molecular flexibility index (Phi) is 4.54. The molecule has 0 saturated heterocycles. The first-order valence-electron chi connectivity index (χ1n) is 4.03. The normalized spacial score (nSPS) is 9.88. The van der Waals surface area contributed by atoms with Crippen LogP contribution < -0.4 is 0 Å². The third-order valence-corrected chi connectivity index (χ3v) is 3.24. The van der Waals surface area contributed by atoms with Gasteiger partial charge >= 0.3 is 0 Å². The second-order valence-corrected chi connectivity index (χ2v) is 4.55. The van der Waals surface area contributed by atoms with Crippen LogP contribution in [0.3, 0.4) is 0 Å². The van der Waals surface area contributed by atoms with E-state index in [1.54, 1.807) is 22.6 Å². The van der Waals surface area contributed by atoms with E-state index in [-0.39, 0.29) is 27.9 Å². The highest BCUT2D eigenvalue weighted by atomic mass is 127. The highest BCUT2D eigenvalue weighted by molar-refractivity contribution is 14.1. The largest absolute Gasteiger partial charge is 0.298 e. The molecule has 0 atom stereocenters. The molecule has 0 aromatic heterocycles. The van der Waals surface area contributed by atoms with Crippen LogP contribution in [0.15, 0.2) is 12.1 Å². The highest BCUT2D eigenvalue weighted by Crippen LogP contribution is 2.25. The van der Waals surface area contributed by atoms with Crippen LogP contribution in [0.1, 0.15) is 20.7 Å². The van der Waals surface area contributed by atoms with Gasteiger partial charge in [-0.1, -0.05) is 15.9 Å². The monoisotopic (exact) mass is 397 g/mol. The fraction of sp³-hybridized carbons (Fsp3) is 0.111. The summed E-state index contributed by atoms with van der Waals surface area (Å²) in [7, 11) is 0. The number of ketones is 1. The van der Waals surface area contributed by atoms with Gasteiger partial charge in [-0.05, 0) is 28.7 Å². The fourth-order valence-corrected chi connectivity index (χ4v) is 2.09. The van der Waals surface area contributed by atoms with Crippen molar-refractivity contribution in [2.75, 3.05) is 5.33 Å². The number of nitrogens with zero attached hydrogens (tertiary/aromatic N) is 1. The van der Waals surface area contributed by atoms with E-state index >= 15 is 0 Å². The second kappa shape index (κ2) is 5.48. The Morgan fingerprint density at radius 2 is 2.19 bits per heavy atom. The van der Waals surface area contributed by atoms with Gasteiger partial charge in [0.05, 0.1) is 13.8 Å². The lowest BCUT2D eigenvalue weighted by Crippen LogP contribution is -2.06. The number of rotatable bonds is 4. The van der Waals surface area contributed by atoms with Crippen molar-refractivity contribution in [3.63, 3.8) is 0 Å². The average molecular weight is 398 g/mol. The molecule has 0 radical (unpaired) electrons. The summed E-state index contributed by atoms with van der Waals surface area (Å²) in [6.45, 7) is 0. The van der Waals surface area contributed by atoms with Crippen molar-refractivity contribution in [1.29, 1.82) is 0 Å². The molecule has 0 N–H and O–H groups in total. The Morgan fingerprint density at radius 1 is 1.56 bits per heavy atom. The first-order valence-corrected chi connectivity index (χ1v) is 6.23. The molecule has 0 aliphatic heterocycles. The number of hydrogen-bond acceptors (Lipinski definition) is 4. The first kappa shape index (κ1) is 13.2. The third-order valence-electron chi connectivity index (χ3n) is 1.86. The summed E-state index contributed by atoms with van der Waals surface area (Å²) in [6, 6.07) is 2.47. The molecule has 0 aliphatic carbocycles. The Morgan fingerprint density at radius 3 is 2.62 bits per heavy atom. The molecular formula is C9H5BrINO4. The van der Waals surface area contributed by atoms with E-state index in [2.05, 4.69) is 15.9 Å². The molecule has 1 aromatic rings. The second-order valence-electron chi connectivity index (χ2n) is 2.82. The van der Waals surface area contributed by atoms with Gasteiger partial charge in [-0.2, -0.15) is 0 Å². The summed E-state index contributed by atoms with van der Waals surface area (Å²) in [4.78, 5) is 32.2. The summed E-state index contributed by atoms with van der Waals surface area (Å²) in [5.41, 5.74) is 0.0623. The van der Waals surface area contributed by atoms with Crippen LogP contribution in [0, 0.1) is 13.7 Å². The molecule has 16 heavy (non-hydrogen) atoms. The van der Waals surface area contributed by atoms with E-state index in [1.807, 2.05) is 0 Å². The summed E-state index contributed by atoms with van der Waals surface area (Å²) < 4.78 is 0.331. The third kappa shape index (κ3) is 2.64. The van der Waals surface area contributed by atoms with Gasteiger partial charge in [0.15, 0.2) is 12.1 Å². The molecule has 0 aliphatic rings. The van der Waals surface area contributed by atoms with Gasteiger partial charge in [0, 0.05) is 17.2 Å². The quantitative estimate of drug-likeness (QED) is 0.195. The Bertz CT molecular complexity index is 475. The lowest BCUT2D eigenvalue weighted by Gasteiger charge is -2.03. The van der Waals surface area contributed by atoms with Crippen LogP contribution in [0.4, 0.5) is 5.69 Å². The van der Waals surface area contributed by atoms with Crippen molar-refractivity contribution in [2.24, 2.45) is 0 Å². The summed E-state index contributed by atoms with van der Waals surface area (Å²) in [6.07, 6.45) is 0.443. The molecule has 0 fully saturated rings. The molecule has 5 nitrogen and oxygen atoms in total. The summed E-state index contributed by atoms with van der Waals surface area (Å²) in [5.74, 6) is -0.282. The Hall–Kier alpha value is -0.830. The lowest BCUT2D eigenvalue weighted by molar-refractivity contribution is -0.385. The number of aldehydes is 1. The highest BCUT2D eigenvalue weighted by Gasteiger charge is 2.19. The van der Waals surface area contributed by atoms with Gasteiger partial charge in [0.1, 0.15) is 0 Å². The van der Waals surface area contributed by atoms with Crippen LogP contribution in [-0.2, 0) is 0 Å². The van der Waals surface area contributed by atoms with Gasteiger partial charge in [0.2, 0.25) is 0 Å². The van der Waals surface area contributed by atoms with Crippen LogP contribution in [0.5, 0.6) is 0 Å². The molecule has 0 unspecified atom stereocenters. The van der Waals surface area contributed by atoms with Gasteiger partial charge in [-0.15, -0.1) is 0 Å². The van der Waals surface area contributed by atoms with Gasteiger partial charge < -0.3 is 0 Å². The summed E-state index contributed by atoms with van der Waals surface area (Å²) in [5, 5.41) is 10.7. The zero-order valence-electron chi connectivity index (χ0n) is 7.78. The smallest absolute Gasteiger partial charge is 0.283 e. The lowest BCUT2D eigenvalue weighted by atomic mass is 10.0. The van der Waals surface area contributed by atoms with E-state index in [0.717, 1.165) is 6.07 Å². The van der Waals surface area contributed by atoms with E-state index in [1.165, 1.54) is 6.07 Å². The van der Waals surface area contributed by atoms with Gasteiger partial charge in [0.25, 0.3) is 5.69 Å². The van der Waals surface area contributed by atoms with Crippen molar-refractivity contribution < 1.29 is 14.5 Å². The van der Waals surface area contributed by atoms with Crippen LogP contribution in [-0.4, -0.2) is 22.3 Å².